The van der Waals surface area contributed by atoms with Crippen LogP contribution in [-0.2, 0) is 16.0 Å². The van der Waals surface area contributed by atoms with Crippen molar-refractivity contribution in [3.8, 4) is 5.75 Å². The van der Waals surface area contributed by atoms with Gasteiger partial charge in [-0.15, -0.1) is 0 Å². The quantitative estimate of drug-likeness (QED) is 0.712. The summed E-state index contributed by atoms with van der Waals surface area (Å²) in [5.74, 6) is 0.0808. The maximum atomic E-state index is 14.1. The Morgan fingerprint density at radius 1 is 1.19 bits per heavy atom. The van der Waals surface area contributed by atoms with Gasteiger partial charge in [0.1, 0.15) is 11.6 Å². The second-order valence-corrected chi connectivity index (χ2v) is 9.23. The summed E-state index contributed by atoms with van der Waals surface area (Å²) in [7, 11) is 0. The van der Waals surface area contributed by atoms with Gasteiger partial charge in [-0.1, -0.05) is 45.9 Å². The number of fused-ring (bicyclic) bond motifs is 1. The molecule has 6 heteroatoms. The minimum Gasteiger partial charge on any atom is -0.481 e. The Kier molecular flexibility index (Phi) is 7.22. The molecule has 1 aliphatic heterocycles. The molecule has 0 fully saturated rings. The van der Waals surface area contributed by atoms with Crippen LogP contribution in [-0.4, -0.2) is 35.9 Å². The topological polar surface area (TPSA) is 58.6 Å². The van der Waals surface area contributed by atoms with Gasteiger partial charge in [0.2, 0.25) is 5.91 Å². The molecule has 5 nitrogen and oxygen atoms in total. The molecule has 0 radical (unpaired) electrons. The second-order valence-electron chi connectivity index (χ2n) is 9.23. The molecule has 2 amide bonds. The van der Waals surface area contributed by atoms with Crippen LogP contribution in [0.2, 0.25) is 0 Å². The number of carbonyl (C=O) groups excluding carboxylic acids is 2. The normalized spacial score (nSPS) is 16.8. The van der Waals surface area contributed by atoms with Crippen molar-refractivity contribution < 1.29 is 18.7 Å². The van der Waals surface area contributed by atoms with E-state index in [-0.39, 0.29) is 17.6 Å². The molecule has 32 heavy (non-hydrogen) atoms. The fraction of sp³-hybridized carbons (Fsp3) is 0.462. The zero-order chi connectivity index (χ0) is 23.5. The van der Waals surface area contributed by atoms with Crippen LogP contribution in [0, 0.1) is 11.2 Å². The Labute approximate surface area is 190 Å². The number of nitrogens with one attached hydrogen (secondary N) is 1. The van der Waals surface area contributed by atoms with Crippen LogP contribution in [0.4, 0.5) is 4.39 Å². The van der Waals surface area contributed by atoms with Gasteiger partial charge in [0.25, 0.3) is 5.91 Å². The van der Waals surface area contributed by atoms with Crippen molar-refractivity contribution in [3.63, 3.8) is 0 Å². The number of amides is 2. The molecule has 1 heterocycles. The Morgan fingerprint density at radius 3 is 2.56 bits per heavy atom. The molecule has 2 aromatic rings. The standard InChI is InChI=1S/C26H33FN2O3/c1-6-22(24(30)28-7-2)32-20-12-11-17-13-14-29(25(31)26(3,4)5)23(21(17)16-20)18-9-8-10-19(27)15-18/h8-12,15-16,22-23H,6-7,13-14H2,1-5H3,(H,28,30)/t22-,23-/m1/s1. The summed E-state index contributed by atoms with van der Waals surface area (Å²) < 4.78 is 20.2. The van der Waals surface area contributed by atoms with Gasteiger partial charge in [-0.3, -0.25) is 9.59 Å². The molecular weight excluding hydrogens is 407 g/mol. The van der Waals surface area contributed by atoms with Crippen molar-refractivity contribution in [2.24, 2.45) is 5.41 Å². The number of likely N-dealkylation sites (N-methyl/N-ethyl adjacent to an activating group) is 1. The van der Waals surface area contributed by atoms with Gasteiger partial charge in [0, 0.05) is 18.5 Å². The summed E-state index contributed by atoms with van der Waals surface area (Å²) in [6.07, 6.45) is 0.637. The van der Waals surface area contributed by atoms with E-state index in [0.717, 1.165) is 16.7 Å². The number of carbonyl (C=O) groups is 2. The number of hydrogen-bond donors (Lipinski definition) is 1. The smallest absolute Gasteiger partial charge is 0.261 e. The molecule has 0 bridgehead atoms. The summed E-state index contributed by atoms with van der Waals surface area (Å²) in [5.41, 5.74) is 2.15. The lowest BCUT2D eigenvalue weighted by atomic mass is 9.85. The minimum atomic E-state index is -0.600. The largest absolute Gasteiger partial charge is 0.481 e. The zero-order valence-electron chi connectivity index (χ0n) is 19.6. The molecule has 0 unspecified atom stereocenters. The van der Waals surface area contributed by atoms with Crippen LogP contribution in [0.1, 0.15) is 63.8 Å². The highest BCUT2D eigenvalue weighted by Gasteiger charge is 2.37. The Bertz CT molecular complexity index is 983. The lowest BCUT2D eigenvalue weighted by Gasteiger charge is -2.41. The Hall–Kier alpha value is -2.89. The molecule has 1 aliphatic rings. The molecule has 2 atom stereocenters. The van der Waals surface area contributed by atoms with Crippen molar-refractivity contribution in [2.45, 2.75) is 59.6 Å². The predicted octanol–water partition coefficient (Wildman–Crippen LogP) is 4.64. The van der Waals surface area contributed by atoms with E-state index in [2.05, 4.69) is 5.32 Å². The summed E-state index contributed by atoms with van der Waals surface area (Å²) >= 11 is 0. The molecule has 0 saturated heterocycles. The molecule has 172 valence electrons. The zero-order valence-corrected chi connectivity index (χ0v) is 19.6. The molecule has 0 spiro atoms. The molecule has 0 saturated carbocycles. The van der Waals surface area contributed by atoms with E-state index in [1.54, 1.807) is 6.07 Å². The lowest BCUT2D eigenvalue weighted by molar-refractivity contribution is -0.141. The van der Waals surface area contributed by atoms with Crippen molar-refractivity contribution in [1.82, 2.24) is 10.2 Å². The van der Waals surface area contributed by atoms with Crippen LogP contribution >= 0.6 is 0 Å². The maximum absolute atomic E-state index is 14.1. The van der Waals surface area contributed by atoms with Gasteiger partial charge in [0.15, 0.2) is 6.10 Å². The molecule has 0 aliphatic carbocycles. The average molecular weight is 441 g/mol. The summed E-state index contributed by atoms with van der Waals surface area (Å²) in [6, 6.07) is 11.7. The van der Waals surface area contributed by atoms with Gasteiger partial charge < -0.3 is 15.0 Å². The number of nitrogens with zero attached hydrogens (tertiary/aromatic N) is 1. The van der Waals surface area contributed by atoms with E-state index in [0.29, 0.717) is 31.7 Å². The number of hydrogen-bond acceptors (Lipinski definition) is 3. The van der Waals surface area contributed by atoms with Crippen LogP contribution in [0.3, 0.4) is 0 Å². The SMILES string of the molecule is CCNC(=O)[C@@H](CC)Oc1ccc2c(c1)[C@@H](c1cccc(F)c1)N(C(=O)C(C)(C)C)CC2. The van der Waals surface area contributed by atoms with Gasteiger partial charge in [-0.2, -0.15) is 0 Å². The number of halogens is 1. The van der Waals surface area contributed by atoms with Crippen LogP contribution in [0.5, 0.6) is 5.75 Å². The number of rotatable bonds is 6. The summed E-state index contributed by atoms with van der Waals surface area (Å²) in [4.78, 5) is 27.5. The predicted molar refractivity (Wildman–Crippen MR) is 123 cm³/mol. The molecule has 3 rings (SSSR count). The third kappa shape index (κ3) is 5.12. The minimum absolute atomic E-state index is 0.0116. The van der Waals surface area contributed by atoms with E-state index < -0.39 is 17.6 Å². The average Bonchev–Trinajstić information content (AvgIpc) is 2.75. The van der Waals surface area contributed by atoms with E-state index in [4.69, 9.17) is 4.74 Å². The maximum Gasteiger partial charge on any atom is 0.261 e. The molecule has 1 N–H and O–H groups in total. The molecular formula is C26H33FN2O3. The van der Waals surface area contributed by atoms with E-state index >= 15 is 0 Å². The first-order valence-electron chi connectivity index (χ1n) is 11.3. The van der Waals surface area contributed by atoms with Crippen LogP contribution in [0.15, 0.2) is 42.5 Å². The van der Waals surface area contributed by atoms with Crippen LogP contribution in [0.25, 0.3) is 0 Å². The fourth-order valence-electron chi connectivity index (χ4n) is 4.13. The highest BCUT2D eigenvalue weighted by atomic mass is 19.1. The summed E-state index contributed by atoms with van der Waals surface area (Å²) in [6.45, 7) is 10.5. The lowest BCUT2D eigenvalue weighted by Crippen LogP contribution is -2.45. The third-order valence-corrected chi connectivity index (χ3v) is 5.71. The monoisotopic (exact) mass is 440 g/mol. The Morgan fingerprint density at radius 2 is 1.94 bits per heavy atom. The first-order chi connectivity index (χ1) is 15.2. The highest BCUT2D eigenvalue weighted by molar-refractivity contribution is 5.83. The van der Waals surface area contributed by atoms with Gasteiger partial charge in [-0.25, -0.2) is 4.39 Å². The van der Waals surface area contributed by atoms with Gasteiger partial charge in [-0.05, 0) is 60.7 Å². The van der Waals surface area contributed by atoms with Gasteiger partial charge in [0.05, 0.1) is 6.04 Å². The highest BCUT2D eigenvalue weighted by Crippen LogP contribution is 2.39. The van der Waals surface area contributed by atoms with Crippen molar-refractivity contribution in [3.05, 3.63) is 65.0 Å². The van der Waals surface area contributed by atoms with Gasteiger partial charge >= 0.3 is 0 Å². The number of benzene rings is 2. The first kappa shape index (κ1) is 23.8. The second kappa shape index (κ2) is 9.72. The first-order valence-corrected chi connectivity index (χ1v) is 11.3. The van der Waals surface area contributed by atoms with Crippen LogP contribution < -0.4 is 10.1 Å². The summed E-state index contributed by atoms with van der Waals surface area (Å²) in [5, 5.41) is 2.80. The molecule has 2 aromatic carbocycles. The fourth-order valence-corrected chi connectivity index (χ4v) is 4.13. The van der Waals surface area contributed by atoms with Crippen molar-refractivity contribution in [2.75, 3.05) is 13.1 Å². The Balaban J connectivity index is 2.04. The van der Waals surface area contributed by atoms with E-state index in [1.165, 1.54) is 12.1 Å². The third-order valence-electron chi connectivity index (χ3n) is 5.71. The van der Waals surface area contributed by atoms with Crippen molar-refractivity contribution >= 4 is 11.8 Å². The van der Waals surface area contributed by atoms with Crippen molar-refractivity contribution in [1.29, 1.82) is 0 Å². The number of ether oxygens (including phenoxy) is 1. The molecule has 0 aromatic heterocycles. The van der Waals surface area contributed by atoms with E-state index in [1.807, 2.05) is 63.8 Å². The van der Waals surface area contributed by atoms with E-state index in [9.17, 15) is 14.0 Å².